The van der Waals surface area contributed by atoms with Gasteiger partial charge >= 0.3 is 0 Å². The van der Waals surface area contributed by atoms with Crippen LogP contribution >= 0.6 is 0 Å². The van der Waals surface area contributed by atoms with Crippen molar-refractivity contribution in [1.82, 2.24) is 9.97 Å². The number of ether oxygens (including phenoxy) is 2. The van der Waals surface area contributed by atoms with E-state index in [1.54, 1.807) is 13.3 Å². The molecule has 0 aliphatic carbocycles. The van der Waals surface area contributed by atoms with Crippen LogP contribution in [0.15, 0.2) is 48.8 Å². The Kier molecular flexibility index (Phi) is 4.08. The molecule has 0 bridgehead atoms. The molecule has 3 aromatic rings. The first-order valence-corrected chi connectivity index (χ1v) is 8.40. The lowest BCUT2D eigenvalue weighted by Gasteiger charge is -2.17. The zero-order chi connectivity index (χ0) is 18.1. The second kappa shape index (κ2) is 6.55. The smallest absolute Gasteiger partial charge is 0.219 e. The van der Waals surface area contributed by atoms with Crippen LogP contribution in [0.2, 0.25) is 0 Å². The van der Waals surface area contributed by atoms with E-state index in [1.807, 2.05) is 50.4 Å². The topological polar surface area (TPSA) is 59.5 Å². The Labute approximate surface area is 152 Å². The number of aryl methyl sites for hydroxylation is 2. The average molecular weight is 348 g/mol. The Morgan fingerprint density at radius 3 is 2.69 bits per heavy atom. The van der Waals surface area contributed by atoms with E-state index >= 15 is 0 Å². The van der Waals surface area contributed by atoms with Gasteiger partial charge in [-0.05, 0) is 43.2 Å². The Bertz CT molecular complexity index is 941. The Balaban J connectivity index is 1.53. The number of methoxy groups -OCH3 is 1. The molecule has 0 atom stereocenters. The second-order valence-electron chi connectivity index (χ2n) is 6.23. The van der Waals surface area contributed by atoms with Gasteiger partial charge in [-0.1, -0.05) is 6.07 Å². The minimum atomic E-state index is 0.531. The summed E-state index contributed by atoms with van der Waals surface area (Å²) in [5, 5.41) is 3.35. The zero-order valence-electron chi connectivity index (χ0n) is 15.0. The summed E-state index contributed by atoms with van der Waals surface area (Å²) in [4.78, 5) is 11.0. The van der Waals surface area contributed by atoms with Crippen LogP contribution in [0.1, 0.15) is 11.1 Å². The zero-order valence-corrected chi connectivity index (χ0v) is 15.0. The molecular weight excluding hydrogens is 328 g/mol. The third-order valence-corrected chi connectivity index (χ3v) is 4.32. The molecule has 0 fully saturated rings. The van der Waals surface area contributed by atoms with Crippen LogP contribution < -0.4 is 19.7 Å². The quantitative estimate of drug-likeness (QED) is 0.753. The second-order valence-corrected chi connectivity index (χ2v) is 6.23. The van der Waals surface area contributed by atoms with Gasteiger partial charge in [0.2, 0.25) is 5.88 Å². The van der Waals surface area contributed by atoms with Crippen molar-refractivity contribution >= 4 is 17.2 Å². The molecule has 2 aromatic heterocycles. The molecular formula is C20H20N4O2. The maximum absolute atomic E-state index is 5.84. The Hall–Kier alpha value is -3.28. The SMILES string of the molecule is COc1cc(Oc2ccc(N3CNc4cc(C)cnc43)cn2)ccc1C. The number of benzene rings is 1. The van der Waals surface area contributed by atoms with Crippen molar-refractivity contribution in [1.29, 1.82) is 0 Å². The van der Waals surface area contributed by atoms with Crippen LogP contribution in [0, 0.1) is 13.8 Å². The minimum Gasteiger partial charge on any atom is -0.496 e. The number of pyridine rings is 2. The van der Waals surface area contributed by atoms with Gasteiger partial charge in [0.05, 0.1) is 31.4 Å². The lowest BCUT2D eigenvalue weighted by molar-refractivity contribution is 0.404. The van der Waals surface area contributed by atoms with E-state index in [-0.39, 0.29) is 0 Å². The number of aromatic nitrogens is 2. The van der Waals surface area contributed by atoms with Crippen molar-refractivity contribution < 1.29 is 9.47 Å². The van der Waals surface area contributed by atoms with Gasteiger partial charge in [-0.15, -0.1) is 0 Å². The molecule has 6 nitrogen and oxygen atoms in total. The van der Waals surface area contributed by atoms with Crippen molar-refractivity contribution in [3.8, 4) is 17.4 Å². The van der Waals surface area contributed by atoms with Crippen molar-refractivity contribution in [3.05, 3.63) is 59.9 Å². The van der Waals surface area contributed by atoms with Crippen molar-refractivity contribution in [3.63, 3.8) is 0 Å². The number of rotatable bonds is 4. The third-order valence-electron chi connectivity index (χ3n) is 4.32. The molecule has 132 valence electrons. The standard InChI is InChI=1S/C20H20N4O2/c1-13-8-17-20(22-10-13)24(12-23-17)15-5-7-19(21-11-15)26-16-6-4-14(2)18(9-16)25-3/h4-11,23H,12H2,1-3H3. The van der Waals surface area contributed by atoms with Gasteiger partial charge in [-0.3, -0.25) is 0 Å². The number of hydrogen-bond donors (Lipinski definition) is 1. The highest BCUT2D eigenvalue weighted by molar-refractivity contribution is 5.77. The van der Waals surface area contributed by atoms with Crippen molar-refractivity contribution in [2.45, 2.75) is 13.8 Å². The van der Waals surface area contributed by atoms with Crippen molar-refractivity contribution in [2.75, 3.05) is 24.0 Å². The molecule has 0 saturated heterocycles. The molecule has 1 N–H and O–H groups in total. The van der Waals surface area contributed by atoms with E-state index in [4.69, 9.17) is 9.47 Å². The normalized spacial score (nSPS) is 12.5. The summed E-state index contributed by atoms with van der Waals surface area (Å²) in [6, 6.07) is 11.7. The van der Waals surface area contributed by atoms with E-state index in [0.29, 0.717) is 18.3 Å². The number of anilines is 3. The van der Waals surface area contributed by atoms with Gasteiger partial charge in [0.15, 0.2) is 5.82 Å². The fraction of sp³-hybridized carbons (Fsp3) is 0.200. The van der Waals surface area contributed by atoms with E-state index in [2.05, 4.69) is 26.3 Å². The first kappa shape index (κ1) is 16.2. The fourth-order valence-corrected chi connectivity index (χ4v) is 2.94. The highest BCUT2D eigenvalue weighted by Crippen LogP contribution is 2.35. The minimum absolute atomic E-state index is 0.531. The highest BCUT2D eigenvalue weighted by atomic mass is 16.5. The summed E-state index contributed by atoms with van der Waals surface area (Å²) >= 11 is 0. The lowest BCUT2D eigenvalue weighted by atomic mass is 10.2. The van der Waals surface area contributed by atoms with Crippen LogP contribution in [0.3, 0.4) is 0 Å². The Morgan fingerprint density at radius 1 is 1.04 bits per heavy atom. The van der Waals surface area contributed by atoms with Crippen LogP contribution in [-0.2, 0) is 0 Å². The van der Waals surface area contributed by atoms with Crippen LogP contribution in [0.5, 0.6) is 17.4 Å². The van der Waals surface area contributed by atoms with Gasteiger partial charge in [0.25, 0.3) is 0 Å². The molecule has 6 heteroatoms. The van der Waals surface area contributed by atoms with E-state index in [9.17, 15) is 0 Å². The summed E-state index contributed by atoms with van der Waals surface area (Å²) in [6.45, 7) is 4.70. The molecule has 4 rings (SSSR count). The predicted octanol–water partition coefficient (Wildman–Crippen LogP) is 4.42. The van der Waals surface area contributed by atoms with Gasteiger partial charge in [0, 0.05) is 18.3 Å². The van der Waals surface area contributed by atoms with E-state index in [1.165, 1.54) is 0 Å². The predicted molar refractivity (Wildman–Crippen MR) is 102 cm³/mol. The first-order valence-electron chi connectivity index (χ1n) is 8.40. The van der Waals surface area contributed by atoms with Crippen molar-refractivity contribution in [2.24, 2.45) is 0 Å². The largest absolute Gasteiger partial charge is 0.496 e. The molecule has 0 amide bonds. The van der Waals surface area contributed by atoms with Crippen LogP contribution in [-0.4, -0.2) is 23.7 Å². The monoisotopic (exact) mass is 348 g/mol. The Morgan fingerprint density at radius 2 is 1.92 bits per heavy atom. The van der Waals surface area contributed by atoms with Gasteiger partial charge in [-0.25, -0.2) is 9.97 Å². The van der Waals surface area contributed by atoms with Gasteiger partial charge in [0.1, 0.15) is 11.5 Å². The molecule has 0 unspecified atom stereocenters. The molecule has 26 heavy (non-hydrogen) atoms. The van der Waals surface area contributed by atoms with E-state index < -0.39 is 0 Å². The number of hydrogen-bond acceptors (Lipinski definition) is 6. The maximum Gasteiger partial charge on any atom is 0.219 e. The van der Waals surface area contributed by atoms with Crippen LogP contribution in [0.4, 0.5) is 17.2 Å². The third kappa shape index (κ3) is 3.01. The number of nitrogens with one attached hydrogen (secondary N) is 1. The summed E-state index contributed by atoms with van der Waals surface area (Å²) < 4.78 is 11.2. The van der Waals surface area contributed by atoms with E-state index in [0.717, 1.165) is 34.1 Å². The molecule has 1 aliphatic rings. The summed E-state index contributed by atoms with van der Waals surface area (Å²) in [6.07, 6.45) is 3.66. The average Bonchev–Trinajstić information content (AvgIpc) is 3.07. The first-order chi connectivity index (χ1) is 12.6. The molecule has 0 saturated carbocycles. The maximum atomic E-state index is 5.84. The van der Waals surface area contributed by atoms with Crippen LogP contribution in [0.25, 0.3) is 0 Å². The number of fused-ring (bicyclic) bond motifs is 1. The summed E-state index contributed by atoms with van der Waals surface area (Å²) in [7, 11) is 1.65. The molecule has 0 radical (unpaired) electrons. The molecule has 1 aliphatic heterocycles. The number of nitrogens with zero attached hydrogens (tertiary/aromatic N) is 3. The van der Waals surface area contributed by atoms with Gasteiger partial charge < -0.3 is 19.7 Å². The lowest BCUT2D eigenvalue weighted by Crippen LogP contribution is -2.17. The molecule has 1 aromatic carbocycles. The fourth-order valence-electron chi connectivity index (χ4n) is 2.94. The highest BCUT2D eigenvalue weighted by Gasteiger charge is 2.21. The molecule has 3 heterocycles. The summed E-state index contributed by atoms with van der Waals surface area (Å²) in [5.41, 5.74) is 4.19. The van der Waals surface area contributed by atoms with Gasteiger partial charge in [-0.2, -0.15) is 0 Å². The molecule has 0 spiro atoms. The summed E-state index contributed by atoms with van der Waals surface area (Å²) in [5.74, 6) is 2.93.